The van der Waals surface area contributed by atoms with E-state index in [4.69, 9.17) is 0 Å². The lowest BCUT2D eigenvalue weighted by Gasteiger charge is -2.34. The fourth-order valence-corrected chi connectivity index (χ4v) is 5.65. The number of nitrogens with zero attached hydrogens (tertiary/aromatic N) is 4. The van der Waals surface area contributed by atoms with Crippen molar-refractivity contribution in [2.24, 2.45) is 0 Å². The Morgan fingerprint density at radius 2 is 1.80 bits per heavy atom. The summed E-state index contributed by atoms with van der Waals surface area (Å²) in [6.45, 7) is 0.101. The Hall–Kier alpha value is -4.12. The molecule has 1 fully saturated rings. The lowest BCUT2D eigenvalue weighted by Crippen LogP contribution is -2.52. The summed E-state index contributed by atoms with van der Waals surface area (Å²) >= 11 is 0. The topological polar surface area (TPSA) is 116 Å². The molecule has 1 amide bonds. The van der Waals surface area contributed by atoms with Crippen LogP contribution in [0.3, 0.4) is 0 Å². The second-order valence-electron chi connectivity index (χ2n) is 8.11. The molecule has 2 aromatic heterocycles. The van der Waals surface area contributed by atoms with Crippen LogP contribution in [0.1, 0.15) is 21.6 Å². The Bertz CT molecular complexity index is 1590. The van der Waals surface area contributed by atoms with E-state index in [0.29, 0.717) is 22.0 Å². The van der Waals surface area contributed by atoms with Gasteiger partial charge in [0.15, 0.2) is 0 Å². The Labute approximate surface area is 199 Å². The lowest BCUT2D eigenvalue weighted by atomic mass is 10.0. The van der Waals surface area contributed by atoms with Gasteiger partial charge in [0.1, 0.15) is 17.5 Å². The SMILES string of the molecule is O=C(c1cc(Cc2n[nH]c(=O)c3ccccc23)ccc1F)N1CCN(c2ccccn2)S(=O)(=O)C1. The first-order valence-corrected chi connectivity index (χ1v) is 12.4. The molecule has 5 rings (SSSR count). The first-order chi connectivity index (χ1) is 16.8. The zero-order valence-electron chi connectivity index (χ0n) is 18.4. The Morgan fingerprint density at radius 3 is 2.54 bits per heavy atom. The van der Waals surface area contributed by atoms with E-state index in [-0.39, 0.29) is 36.5 Å². The molecule has 1 aliphatic heterocycles. The van der Waals surface area contributed by atoms with Gasteiger partial charge in [0, 0.05) is 24.5 Å². The number of carbonyl (C=O) groups excluding carboxylic acids is 1. The summed E-state index contributed by atoms with van der Waals surface area (Å²) in [6, 6.07) is 16.0. The molecule has 0 spiro atoms. The molecule has 1 saturated heterocycles. The summed E-state index contributed by atoms with van der Waals surface area (Å²) in [6.07, 6.45) is 1.73. The molecule has 0 atom stereocenters. The summed E-state index contributed by atoms with van der Waals surface area (Å²) < 4.78 is 41.5. The number of amides is 1. The summed E-state index contributed by atoms with van der Waals surface area (Å²) in [5, 5.41) is 7.72. The molecule has 3 heterocycles. The van der Waals surface area contributed by atoms with Crippen LogP contribution in [-0.4, -0.2) is 53.4 Å². The van der Waals surface area contributed by atoms with Gasteiger partial charge in [-0.2, -0.15) is 5.10 Å². The van der Waals surface area contributed by atoms with Crippen LogP contribution < -0.4 is 9.86 Å². The highest BCUT2D eigenvalue weighted by Gasteiger charge is 2.35. The van der Waals surface area contributed by atoms with Gasteiger partial charge >= 0.3 is 0 Å². The van der Waals surface area contributed by atoms with Gasteiger partial charge in [-0.05, 0) is 35.9 Å². The van der Waals surface area contributed by atoms with Crippen molar-refractivity contribution in [2.75, 3.05) is 23.3 Å². The second kappa shape index (κ2) is 8.91. The van der Waals surface area contributed by atoms with Crippen molar-refractivity contribution < 1.29 is 17.6 Å². The number of anilines is 1. The van der Waals surface area contributed by atoms with E-state index in [9.17, 15) is 22.4 Å². The third-order valence-electron chi connectivity index (χ3n) is 5.83. The monoisotopic (exact) mass is 493 g/mol. The van der Waals surface area contributed by atoms with Gasteiger partial charge in [0.05, 0.1) is 23.2 Å². The van der Waals surface area contributed by atoms with Gasteiger partial charge in [0.2, 0.25) is 0 Å². The van der Waals surface area contributed by atoms with Crippen LogP contribution >= 0.6 is 0 Å². The number of hydrogen-bond acceptors (Lipinski definition) is 6. The summed E-state index contributed by atoms with van der Waals surface area (Å²) in [7, 11) is -3.87. The van der Waals surface area contributed by atoms with E-state index in [1.807, 2.05) is 0 Å². The second-order valence-corrected chi connectivity index (χ2v) is 9.97. The Morgan fingerprint density at radius 1 is 1.03 bits per heavy atom. The minimum Gasteiger partial charge on any atom is -0.320 e. The predicted octanol–water partition coefficient (Wildman–Crippen LogP) is 2.30. The van der Waals surface area contributed by atoms with E-state index in [2.05, 4.69) is 15.2 Å². The summed E-state index contributed by atoms with van der Waals surface area (Å²) in [5.41, 5.74) is 0.620. The molecule has 9 nitrogen and oxygen atoms in total. The highest BCUT2D eigenvalue weighted by molar-refractivity contribution is 7.92. The zero-order chi connectivity index (χ0) is 24.6. The van der Waals surface area contributed by atoms with E-state index >= 15 is 0 Å². The fourth-order valence-electron chi connectivity index (χ4n) is 4.12. The smallest absolute Gasteiger partial charge is 0.272 e. The van der Waals surface area contributed by atoms with Crippen LogP contribution in [0, 0.1) is 5.82 Å². The predicted molar refractivity (Wildman–Crippen MR) is 128 cm³/mol. The molecule has 1 aliphatic rings. The summed E-state index contributed by atoms with van der Waals surface area (Å²) in [4.78, 5) is 30.4. The quantitative estimate of drug-likeness (QED) is 0.466. The van der Waals surface area contributed by atoms with Crippen molar-refractivity contribution in [1.82, 2.24) is 20.1 Å². The molecule has 11 heteroatoms. The first kappa shape index (κ1) is 22.7. The number of pyridine rings is 1. The molecule has 0 radical (unpaired) electrons. The molecule has 2 aromatic carbocycles. The maximum absolute atomic E-state index is 14.7. The maximum atomic E-state index is 14.7. The van der Waals surface area contributed by atoms with E-state index in [0.717, 1.165) is 9.21 Å². The van der Waals surface area contributed by atoms with Crippen LogP contribution in [-0.2, 0) is 16.4 Å². The molecular weight excluding hydrogens is 473 g/mol. The number of nitrogens with one attached hydrogen (secondary N) is 1. The molecule has 4 aromatic rings. The number of hydrogen-bond donors (Lipinski definition) is 1. The van der Waals surface area contributed by atoms with Crippen LogP contribution in [0.2, 0.25) is 0 Å². The number of H-pyrrole nitrogens is 1. The van der Waals surface area contributed by atoms with Crippen LogP contribution in [0.15, 0.2) is 71.7 Å². The molecule has 0 aliphatic carbocycles. The summed E-state index contributed by atoms with van der Waals surface area (Å²) in [5.74, 6) is -1.78. The number of sulfonamides is 1. The number of rotatable bonds is 4. The van der Waals surface area contributed by atoms with Crippen molar-refractivity contribution in [1.29, 1.82) is 0 Å². The number of benzene rings is 2. The highest BCUT2D eigenvalue weighted by atomic mass is 32.2. The van der Waals surface area contributed by atoms with Crippen LogP contribution in [0.25, 0.3) is 10.8 Å². The number of aromatic amines is 1. The van der Waals surface area contributed by atoms with Gasteiger partial charge in [-0.1, -0.05) is 30.3 Å². The molecule has 178 valence electrons. The largest absolute Gasteiger partial charge is 0.320 e. The number of halogens is 1. The first-order valence-electron chi connectivity index (χ1n) is 10.8. The van der Waals surface area contributed by atoms with Crippen LogP contribution in [0.5, 0.6) is 0 Å². The van der Waals surface area contributed by atoms with E-state index in [1.54, 1.807) is 42.5 Å². The standard InChI is InChI=1S/C24H20FN5O4S/c25-20-9-8-16(14-21-17-5-1-2-6-18(17)23(31)28-27-21)13-19(20)24(32)29-11-12-30(35(33,34)15-29)22-7-3-4-10-26-22/h1-10,13H,11-12,14-15H2,(H,28,31). The normalized spacial score (nSPS) is 15.3. The third kappa shape index (κ3) is 4.37. The van der Waals surface area contributed by atoms with Crippen molar-refractivity contribution in [3.63, 3.8) is 0 Å². The molecular formula is C24H20FN5O4S. The Kier molecular flexibility index (Phi) is 5.77. The Balaban J connectivity index is 1.40. The van der Waals surface area contributed by atoms with Crippen molar-refractivity contribution in [2.45, 2.75) is 6.42 Å². The maximum Gasteiger partial charge on any atom is 0.272 e. The van der Waals surface area contributed by atoms with Crippen molar-refractivity contribution in [3.05, 3.63) is 99.9 Å². The van der Waals surface area contributed by atoms with Crippen LogP contribution in [0.4, 0.5) is 10.2 Å². The molecule has 0 unspecified atom stereocenters. The third-order valence-corrected chi connectivity index (χ3v) is 7.51. The van der Waals surface area contributed by atoms with Gasteiger partial charge < -0.3 is 4.90 Å². The highest BCUT2D eigenvalue weighted by Crippen LogP contribution is 2.23. The average molecular weight is 494 g/mol. The van der Waals surface area contributed by atoms with Gasteiger partial charge in [-0.3, -0.25) is 13.9 Å². The van der Waals surface area contributed by atoms with Crippen molar-refractivity contribution >= 4 is 32.5 Å². The zero-order valence-corrected chi connectivity index (χ0v) is 19.2. The van der Waals surface area contributed by atoms with Gasteiger partial charge in [0.25, 0.3) is 21.5 Å². The van der Waals surface area contributed by atoms with E-state index < -0.39 is 27.6 Å². The lowest BCUT2D eigenvalue weighted by molar-refractivity contribution is 0.0776. The number of carbonyl (C=O) groups is 1. The molecule has 1 N–H and O–H groups in total. The fraction of sp³-hybridized carbons (Fsp3) is 0.167. The van der Waals surface area contributed by atoms with Crippen molar-refractivity contribution in [3.8, 4) is 0 Å². The van der Waals surface area contributed by atoms with Gasteiger partial charge in [-0.15, -0.1) is 0 Å². The number of aromatic nitrogens is 3. The van der Waals surface area contributed by atoms with Gasteiger partial charge in [-0.25, -0.2) is 22.9 Å². The minimum absolute atomic E-state index is 0.0136. The molecule has 35 heavy (non-hydrogen) atoms. The average Bonchev–Trinajstić information content (AvgIpc) is 2.86. The van der Waals surface area contributed by atoms with E-state index in [1.165, 1.54) is 24.4 Å². The molecule has 0 saturated carbocycles. The minimum atomic E-state index is -3.87. The number of fused-ring (bicyclic) bond motifs is 1. The molecule has 0 bridgehead atoms.